The Morgan fingerprint density at radius 1 is 0.576 bits per heavy atom. The lowest BCUT2D eigenvalue weighted by molar-refractivity contribution is 0.544. The highest BCUT2D eigenvalue weighted by atomic mass is 15.2. The van der Waals surface area contributed by atoms with Crippen molar-refractivity contribution in [1.82, 2.24) is 0 Å². The summed E-state index contributed by atoms with van der Waals surface area (Å²) in [5.41, 5.74) is 25.9. The lowest BCUT2D eigenvalue weighted by Gasteiger charge is -2.42. The van der Waals surface area contributed by atoms with E-state index in [2.05, 4.69) is 192 Å². The van der Waals surface area contributed by atoms with Crippen LogP contribution >= 0.6 is 0 Å². The van der Waals surface area contributed by atoms with Gasteiger partial charge in [0.2, 0.25) is 0 Å². The Morgan fingerprint density at radius 2 is 1.27 bits per heavy atom. The molecule has 290 valence electrons. The Labute approximate surface area is 350 Å². The molecule has 3 unspecified atom stereocenters. The van der Waals surface area contributed by atoms with Gasteiger partial charge in [0, 0.05) is 27.9 Å². The molecule has 1 nitrogen and oxygen atoms in total. The Morgan fingerprint density at radius 3 is 2.10 bits per heavy atom. The number of rotatable bonds is 4. The molecule has 5 aromatic rings. The van der Waals surface area contributed by atoms with Gasteiger partial charge in [-0.25, -0.2) is 0 Å². The summed E-state index contributed by atoms with van der Waals surface area (Å²) in [7, 11) is 0. The van der Waals surface area contributed by atoms with E-state index in [9.17, 15) is 0 Å². The second-order valence-electron chi connectivity index (χ2n) is 19.8. The molecular formula is C58H53N. The first-order chi connectivity index (χ1) is 28.5. The molecule has 5 aromatic carbocycles. The molecule has 0 heterocycles. The van der Waals surface area contributed by atoms with Gasteiger partial charge in [0.15, 0.2) is 0 Å². The van der Waals surface area contributed by atoms with Gasteiger partial charge in [0.1, 0.15) is 0 Å². The lowest BCUT2D eigenvalue weighted by atomic mass is 9.75. The lowest BCUT2D eigenvalue weighted by Crippen LogP contribution is -2.44. The predicted octanol–water partition coefficient (Wildman–Crippen LogP) is 14.2. The Kier molecular flexibility index (Phi) is 7.30. The summed E-state index contributed by atoms with van der Waals surface area (Å²) in [6.45, 7) is 14.7. The number of hydrogen-bond acceptors (Lipinski definition) is 1. The van der Waals surface area contributed by atoms with E-state index in [0.717, 1.165) is 25.7 Å². The van der Waals surface area contributed by atoms with Crippen molar-refractivity contribution in [3.05, 3.63) is 212 Å². The van der Waals surface area contributed by atoms with Crippen LogP contribution in [-0.4, -0.2) is 12.1 Å². The molecule has 1 heteroatoms. The largest absolute Gasteiger partial charge is 0.358 e. The molecular weight excluding hydrogens is 711 g/mol. The van der Waals surface area contributed by atoms with Crippen molar-refractivity contribution in [2.75, 3.05) is 4.90 Å². The van der Waals surface area contributed by atoms with Gasteiger partial charge in [-0.05, 0) is 127 Å². The molecule has 0 radical (unpaired) electrons. The van der Waals surface area contributed by atoms with Gasteiger partial charge in [-0.15, -0.1) is 0 Å². The molecule has 0 saturated heterocycles. The monoisotopic (exact) mass is 763 g/mol. The summed E-state index contributed by atoms with van der Waals surface area (Å²) in [6.07, 6.45) is 19.3. The molecule has 3 atom stereocenters. The minimum Gasteiger partial charge on any atom is -0.358 e. The van der Waals surface area contributed by atoms with E-state index >= 15 is 0 Å². The standard InChI is InChI=1S/C58H53N/c1-56(2)49-21-13-11-17-41(49)44-28-24-36(32-52(44)56)59(37-25-29-45-42-18-12-14-22-50(42)57(3,4)53(45)33-37)38-26-30-46-43-27-23-35(31-51(43)58(5,6)54(46)34-38)55-47-19-9-7-15-39(47)40-16-8-10-20-48(40)55/h7-9,11-19,21-24,26-33,37-38,55H,10,20,25,34H2,1-6H3. The summed E-state index contributed by atoms with van der Waals surface area (Å²) >= 11 is 0. The summed E-state index contributed by atoms with van der Waals surface area (Å²) in [5, 5.41) is 0. The maximum atomic E-state index is 2.81. The Bertz CT molecular complexity index is 2870. The number of hydrogen-bond donors (Lipinski definition) is 0. The molecule has 0 saturated carbocycles. The van der Waals surface area contributed by atoms with Gasteiger partial charge in [0.05, 0.1) is 12.1 Å². The fourth-order valence-corrected chi connectivity index (χ4v) is 12.8. The van der Waals surface area contributed by atoms with E-state index in [-0.39, 0.29) is 28.3 Å². The first-order valence-corrected chi connectivity index (χ1v) is 22.1. The van der Waals surface area contributed by atoms with E-state index in [1.807, 2.05) is 0 Å². The maximum absolute atomic E-state index is 2.81. The van der Waals surface area contributed by atoms with E-state index < -0.39 is 0 Å². The third kappa shape index (κ3) is 4.79. The minimum atomic E-state index is -0.0775. The average Bonchev–Trinajstić information content (AvgIpc) is 3.87. The number of fused-ring (bicyclic) bond motifs is 10. The highest BCUT2D eigenvalue weighted by Crippen LogP contribution is 2.57. The van der Waals surface area contributed by atoms with Crippen molar-refractivity contribution in [1.29, 1.82) is 0 Å². The third-order valence-corrected chi connectivity index (χ3v) is 15.8. The van der Waals surface area contributed by atoms with Gasteiger partial charge in [-0.1, -0.05) is 181 Å². The van der Waals surface area contributed by atoms with Crippen molar-refractivity contribution in [3.63, 3.8) is 0 Å². The molecule has 0 bridgehead atoms. The zero-order valence-corrected chi connectivity index (χ0v) is 35.4. The second kappa shape index (κ2) is 12.2. The number of allylic oxidation sites excluding steroid dienone is 8. The molecule has 0 spiro atoms. The third-order valence-electron chi connectivity index (χ3n) is 15.8. The Balaban J connectivity index is 0.940. The van der Waals surface area contributed by atoms with Crippen molar-refractivity contribution in [2.45, 2.75) is 101 Å². The topological polar surface area (TPSA) is 3.24 Å². The van der Waals surface area contributed by atoms with Gasteiger partial charge >= 0.3 is 0 Å². The quantitative estimate of drug-likeness (QED) is 0.176. The molecule has 0 aliphatic heterocycles. The molecule has 7 aliphatic carbocycles. The molecule has 0 amide bonds. The molecule has 7 aliphatic rings. The van der Waals surface area contributed by atoms with Crippen molar-refractivity contribution >= 4 is 22.4 Å². The Hall–Kier alpha value is -5.66. The van der Waals surface area contributed by atoms with Gasteiger partial charge in [0.25, 0.3) is 0 Å². The second-order valence-corrected chi connectivity index (χ2v) is 19.8. The maximum Gasteiger partial charge on any atom is 0.0520 e. The van der Waals surface area contributed by atoms with Crippen LogP contribution in [0, 0.1) is 0 Å². The van der Waals surface area contributed by atoms with E-state index in [0.29, 0.717) is 5.92 Å². The van der Waals surface area contributed by atoms with Crippen molar-refractivity contribution < 1.29 is 0 Å². The first-order valence-electron chi connectivity index (χ1n) is 22.1. The summed E-state index contributed by atoms with van der Waals surface area (Å²) < 4.78 is 0. The summed E-state index contributed by atoms with van der Waals surface area (Å²) in [4.78, 5) is 2.81. The van der Waals surface area contributed by atoms with Crippen molar-refractivity contribution in [3.8, 4) is 11.1 Å². The molecule has 12 rings (SSSR count). The SMILES string of the molecule is CC1(C)C2=CC(N(c3ccc4c(c3)C(C)(C)c3ccccc3-4)C3C=CC4=C(C3)C(C)(C)c3cc(C5C6=C(C=CCC6)c6ccccc65)ccc34)CC=C2c2ccccc21. The zero-order chi connectivity index (χ0) is 40.0. The predicted molar refractivity (Wildman–Crippen MR) is 248 cm³/mol. The van der Waals surface area contributed by atoms with Crippen LogP contribution < -0.4 is 4.90 Å². The van der Waals surface area contributed by atoms with Crippen molar-refractivity contribution in [2.24, 2.45) is 0 Å². The van der Waals surface area contributed by atoms with Gasteiger partial charge in [-0.2, -0.15) is 0 Å². The molecule has 0 N–H and O–H groups in total. The fourth-order valence-electron chi connectivity index (χ4n) is 12.8. The average molecular weight is 764 g/mol. The summed E-state index contributed by atoms with van der Waals surface area (Å²) in [5.74, 6) is 0.335. The van der Waals surface area contributed by atoms with E-state index in [4.69, 9.17) is 0 Å². The molecule has 0 aromatic heterocycles. The molecule has 0 fully saturated rings. The number of nitrogens with zero attached hydrogens (tertiary/aromatic N) is 1. The number of anilines is 1. The van der Waals surface area contributed by atoms with E-state index in [1.54, 1.807) is 11.1 Å². The smallest absolute Gasteiger partial charge is 0.0520 e. The molecule has 59 heavy (non-hydrogen) atoms. The van der Waals surface area contributed by atoms with Gasteiger partial charge in [-0.3, -0.25) is 0 Å². The minimum absolute atomic E-state index is 0.0379. The normalized spacial score (nSPS) is 24.0. The highest BCUT2D eigenvalue weighted by molar-refractivity contribution is 5.92. The van der Waals surface area contributed by atoms with Crippen LogP contribution in [0.3, 0.4) is 0 Å². The summed E-state index contributed by atoms with van der Waals surface area (Å²) in [6, 6.07) is 42.7. The highest BCUT2D eigenvalue weighted by Gasteiger charge is 2.45. The first kappa shape index (κ1) is 35.3. The van der Waals surface area contributed by atoms with Gasteiger partial charge < -0.3 is 4.90 Å². The van der Waals surface area contributed by atoms with Crippen LogP contribution in [0.4, 0.5) is 5.69 Å². The zero-order valence-electron chi connectivity index (χ0n) is 35.4. The van der Waals surface area contributed by atoms with Crippen LogP contribution in [0.5, 0.6) is 0 Å². The number of benzene rings is 5. The van der Waals surface area contributed by atoms with Crippen LogP contribution in [0.15, 0.2) is 162 Å². The van der Waals surface area contributed by atoms with Crippen LogP contribution in [-0.2, 0) is 16.2 Å². The fraction of sp³-hybridized carbons (Fsp3) is 0.276. The van der Waals surface area contributed by atoms with Crippen LogP contribution in [0.25, 0.3) is 27.8 Å². The van der Waals surface area contributed by atoms with Crippen LogP contribution in [0.2, 0.25) is 0 Å². The van der Waals surface area contributed by atoms with E-state index in [1.165, 1.54) is 89.2 Å². The van der Waals surface area contributed by atoms with Crippen LogP contribution in [0.1, 0.15) is 123 Å².